The molecule has 1 heterocycles. The number of amides is 6. The summed E-state index contributed by atoms with van der Waals surface area (Å²) in [5.41, 5.74) is 29.4. The van der Waals surface area contributed by atoms with Crippen LogP contribution in [0.25, 0.3) is 10.9 Å². The summed E-state index contributed by atoms with van der Waals surface area (Å²) in [6.07, 6.45) is 1.69. The van der Waals surface area contributed by atoms with Crippen molar-refractivity contribution in [1.29, 1.82) is 0 Å². The third-order valence-corrected chi connectivity index (χ3v) is 10.6. The summed E-state index contributed by atoms with van der Waals surface area (Å²) in [6.45, 7) is 2.54. The van der Waals surface area contributed by atoms with E-state index >= 15 is 0 Å². The number of aromatic hydroxyl groups is 1. The lowest BCUT2D eigenvalue weighted by atomic mass is 10.0. The Morgan fingerprint density at radius 1 is 0.696 bits per heavy atom. The van der Waals surface area contributed by atoms with Gasteiger partial charge in [-0.1, -0.05) is 30.3 Å². The van der Waals surface area contributed by atoms with Crippen LogP contribution in [0.15, 0.2) is 64.7 Å². The van der Waals surface area contributed by atoms with Gasteiger partial charge < -0.3 is 75.7 Å². The number of hydrogen-bond donors (Lipinski definition) is 13. The van der Waals surface area contributed by atoms with E-state index < -0.39 is 77.7 Å². The Bertz CT molecular complexity index is 2350. The summed E-state index contributed by atoms with van der Waals surface area (Å²) in [7, 11) is 3.09. The molecule has 0 spiro atoms. The van der Waals surface area contributed by atoms with E-state index in [1.54, 1.807) is 31.3 Å². The van der Waals surface area contributed by atoms with Crippen LogP contribution in [0.4, 0.5) is 0 Å². The van der Waals surface area contributed by atoms with Crippen molar-refractivity contribution in [2.75, 3.05) is 40.3 Å². The number of guanidine groups is 2. The normalized spacial score (nSPS) is 13.5. The number of carbonyl (C=O) groups is 8. The molecule has 0 radical (unpaired) electrons. The summed E-state index contributed by atoms with van der Waals surface area (Å²) >= 11 is 0. The maximum Gasteiger partial charge on any atom is 0.325 e. The molecule has 3 aromatic rings. The smallest absolute Gasteiger partial charge is 0.325 e. The van der Waals surface area contributed by atoms with E-state index in [1.165, 1.54) is 60.8 Å². The van der Waals surface area contributed by atoms with E-state index in [0.29, 0.717) is 28.5 Å². The fraction of sp³-hybridized carbons (Fsp3) is 0.455. The first-order valence-corrected chi connectivity index (χ1v) is 22.0. The average Bonchev–Trinajstić information content (AvgIpc) is 3.66. The minimum absolute atomic E-state index is 0.00887. The number of para-hydroxylation sites is 1. The number of aromatic nitrogens is 1. The molecule has 25 nitrogen and oxygen atoms in total. The maximum atomic E-state index is 14.2. The molecule has 0 fully saturated rings. The van der Waals surface area contributed by atoms with Crippen molar-refractivity contribution in [2.24, 2.45) is 38.7 Å². The highest BCUT2D eigenvalue weighted by atomic mass is 16.4. The Morgan fingerprint density at radius 2 is 1.23 bits per heavy atom. The minimum Gasteiger partial charge on any atom is -0.508 e. The van der Waals surface area contributed by atoms with E-state index in [1.807, 2.05) is 0 Å². The SMILES string of the molecule is CNCC(=O)N(C)CC(=O)n1cc(C[C@H](NC(=O)[C@@H](N)CCCN=C(N)N)C(=O)N[C@@H](C)C(=O)N[C@@H](CCCN=C(N)N)C(=O)N[C@@H](Cc2ccc(O)cc2)C(=O)N[C@@H](C)C(=O)O)c2ccccc21. The molecule has 0 aliphatic heterocycles. The van der Waals surface area contributed by atoms with Gasteiger partial charge >= 0.3 is 5.97 Å². The number of carbonyl (C=O) groups excluding carboxylic acids is 7. The van der Waals surface area contributed by atoms with Gasteiger partial charge in [0.25, 0.3) is 5.91 Å². The lowest BCUT2D eigenvalue weighted by molar-refractivity contribution is -0.141. The zero-order chi connectivity index (χ0) is 51.4. The minimum atomic E-state index is -1.39. The van der Waals surface area contributed by atoms with Gasteiger partial charge in [-0.2, -0.15) is 0 Å². The summed E-state index contributed by atoms with van der Waals surface area (Å²) < 4.78 is 1.35. The number of carboxylic acid groups (broad SMARTS) is 1. The molecule has 69 heavy (non-hydrogen) atoms. The predicted octanol–water partition coefficient (Wildman–Crippen LogP) is -3.57. The molecule has 376 valence electrons. The molecule has 0 saturated heterocycles. The van der Waals surface area contributed by atoms with Gasteiger partial charge in [0, 0.05) is 44.6 Å². The first-order valence-electron chi connectivity index (χ1n) is 22.0. The number of fused-ring (bicyclic) bond motifs is 1. The summed E-state index contributed by atoms with van der Waals surface area (Å²) in [4.78, 5) is 116. The number of aliphatic carboxylic acids is 1. The topological polar surface area (TPSA) is 412 Å². The van der Waals surface area contributed by atoms with Gasteiger partial charge in [0.1, 0.15) is 42.5 Å². The van der Waals surface area contributed by atoms with Crippen LogP contribution in [0.1, 0.15) is 55.5 Å². The molecule has 0 bridgehead atoms. The second-order valence-corrected chi connectivity index (χ2v) is 16.3. The molecule has 25 heteroatoms. The maximum absolute atomic E-state index is 14.2. The standard InChI is InChI=1S/C44H65N15O10/c1-24(37(63)55-31(11-8-18-52-44(48)49)39(65)57-32(40(66)54-25(2)42(68)69)19-26-13-15-28(60)16-14-26)53-41(67)33(56-38(64)30(45)10-7-17-51-43(46)47)20-27-22-59(34-12-6-5-9-29(27)34)36(62)23-58(4)35(61)21-50-3/h5-6,9,12-16,22,24-25,30-33,50,60H,7-8,10-11,17-21,23,45H2,1-4H3,(H,53,67)(H,54,66)(H,55,63)(H,56,64)(H,57,65)(H,68,69)(H4,46,47,51)(H4,48,49,52)/t24-,25-,30-,31-,32-,33-/m0/s1. The van der Waals surface area contributed by atoms with E-state index in [-0.39, 0.29) is 81.9 Å². The Labute approximate surface area is 398 Å². The number of aliphatic imine (C=N–C) groups is 2. The number of benzene rings is 2. The van der Waals surface area contributed by atoms with Gasteiger partial charge in [0.05, 0.1) is 18.1 Å². The summed E-state index contributed by atoms with van der Waals surface area (Å²) in [6, 6.07) is 4.66. The number of phenolic OH excluding ortho intramolecular Hbond substituents is 1. The molecular weight excluding hydrogens is 899 g/mol. The van der Waals surface area contributed by atoms with E-state index in [9.17, 15) is 48.6 Å². The monoisotopic (exact) mass is 964 g/mol. The zero-order valence-electron chi connectivity index (χ0n) is 39.1. The van der Waals surface area contributed by atoms with Crippen LogP contribution in [-0.4, -0.2) is 155 Å². The second kappa shape index (κ2) is 27.1. The lowest BCUT2D eigenvalue weighted by Crippen LogP contribution is -2.59. The molecule has 6 atom stereocenters. The van der Waals surface area contributed by atoms with Crippen molar-refractivity contribution in [1.82, 2.24) is 41.4 Å². The van der Waals surface area contributed by atoms with Crippen LogP contribution in [0, 0.1) is 0 Å². The quantitative estimate of drug-likeness (QED) is 0.0200. The fourth-order valence-corrected chi connectivity index (χ4v) is 6.80. The van der Waals surface area contributed by atoms with Crippen LogP contribution >= 0.6 is 0 Å². The second-order valence-electron chi connectivity index (χ2n) is 16.3. The molecular formula is C44H65N15O10. The predicted molar refractivity (Wildman–Crippen MR) is 256 cm³/mol. The molecule has 3 rings (SSSR count). The van der Waals surface area contributed by atoms with Crippen LogP contribution in [0.5, 0.6) is 5.75 Å². The number of rotatable bonds is 27. The highest BCUT2D eigenvalue weighted by molar-refractivity contribution is 5.99. The Balaban J connectivity index is 1.93. The fourth-order valence-electron chi connectivity index (χ4n) is 6.80. The zero-order valence-corrected chi connectivity index (χ0v) is 39.1. The molecule has 0 saturated carbocycles. The number of nitrogens with zero attached hydrogens (tertiary/aromatic N) is 4. The number of hydrogen-bond acceptors (Lipinski definition) is 13. The number of likely N-dealkylation sites (N-methyl/N-ethyl adjacent to an activating group) is 2. The van der Waals surface area contributed by atoms with Crippen molar-refractivity contribution in [3.8, 4) is 5.75 Å². The molecule has 1 aromatic heterocycles. The van der Waals surface area contributed by atoms with E-state index in [2.05, 4.69) is 41.9 Å². The highest BCUT2D eigenvalue weighted by Gasteiger charge is 2.32. The number of carboxylic acids is 1. The van der Waals surface area contributed by atoms with E-state index in [0.717, 1.165) is 0 Å². The third kappa shape index (κ3) is 18.1. The Morgan fingerprint density at radius 3 is 1.83 bits per heavy atom. The molecule has 2 aromatic carbocycles. The van der Waals surface area contributed by atoms with Crippen LogP contribution in [-0.2, 0) is 46.4 Å². The van der Waals surface area contributed by atoms with Crippen LogP contribution in [0.2, 0.25) is 0 Å². The molecule has 6 amide bonds. The van der Waals surface area contributed by atoms with Crippen molar-refractivity contribution < 1.29 is 48.6 Å². The summed E-state index contributed by atoms with van der Waals surface area (Å²) in [5, 5.41) is 35.3. The Kier molecular flexibility index (Phi) is 21.8. The van der Waals surface area contributed by atoms with Gasteiger partial charge in [0.15, 0.2) is 11.9 Å². The lowest BCUT2D eigenvalue weighted by Gasteiger charge is -2.26. The molecule has 0 aliphatic carbocycles. The van der Waals surface area contributed by atoms with Crippen LogP contribution < -0.4 is 60.6 Å². The first kappa shape index (κ1) is 55.5. The average molecular weight is 964 g/mol. The van der Waals surface area contributed by atoms with Gasteiger partial charge in [-0.15, -0.1) is 0 Å². The van der Waals surface area contributed by atoms with Gasteiger partial charge in [0.2, 0.25) is 35.4 Å². The molecule has 0 aliphatic rings. The summed E-state index contributed by atoms with van der Waals surface area (Å²) in [5.74, 6) is -6.64. The largest absolute Gasteiger partial charge is 0.508 e. The number of nitrogens with one attached hydrogen (secondary N) is 6. The van der Waals surface area contributed by atoms with Crippen molar-refractivity contribution >= 4 is 70.1 Å². The van der Waals surface area contributed by atoms with Crippen molar-refractivity contribution in [3.05, 3.63) is 65.9 Å². The van der Waals surface area contributed by atoms with Gasteiger partial charge in [-0.3, -0.25) is 52.9 Å². The van der Waals surface area contributed by atoms with Crippen LogP contribution in [0.3, 0.4) is 0 Å². The number of phenols is 1. The van der Waals surface area contributed by atoms with Gasteiger partial charge in [-0.05, 0) is 75.9 Å². The van der Waals surface area contributed by atoms with Crippen molar-refractivity contribution in [2.45, 2.75) is 88.6 Å². The molecule has 0 unspecified atom stereocenters. The van der Waals surface area contributed by atoms with Crippen molar-refractivity contribution in [3.63, 3.8) is 0 Å². The Hall–Kier alpha value is -7.80. The molecule has 18 N–H and O–H groups in total. The number of nitrogens with two attached hydrogens (primary N) is 5. The highest BCUT2D eigenvalue weighted by Crippen LogP contribution is 2.23. The van der Waals surface area contributed by atoms with Gasteiger partial charge in [-0.25, -0.2) is 0 Å². The first-order chi connectivity index (χ1) is 32.6. The van der Waals surface area contributed by atoms with E-state index in [4.69, 9.17) is 28.7 Å². The third-order valence-electron chi connectivity index (χ3n) is 10.6.